The zero-order valence-corrected chi connectivity index (χ0v) is 8.34. The Labute approximate surface area is 88.3 Å². The molecule has 0 amide bonds. The Balaban J connectivity index is 1.79. The Morgan fingerprint density at radius 3 is 2.60 bits per heavy atom. The van der Waals surface area contributed by atoms with Crippen LogP contribution < -0.4 is 0 Å². The summed E-state index contributed by atoms with van der Waals surface area (Å²) in [7, 11) is 0. The quantitative estimate of drug-likeness (QED) is 0.576. The largest absolute Gasteiger partial charge is 0.378 e. The van der Waals surface area contributed by atoms with Gasteiger partial charge in [-0.05, 0) is 12.8 Å². The number of Topliss-reactive ketones (excluding diaryl/α,β-unsaturated/α-hetero) is 1. The molecule has 2 aliphatic rings. The second-order valence-electron chi connectivity index (χ2n) is 4.25. The molecule has 2 fully saturated rings. The molecule has 0 aliphatic carbocycles. The van der Waals surface area contributed by atoms with Crippen LogP contribution in [0.3, 0.4) is 0 Å². The minimum absolute atomic E-state index is 0.0591. The van der Waals surface area contributed by atoms with E-state index in [1.807, 2.05) is 35.2 Å². The summed E-state index contributed by atoms with van der Waals surface area (Å²) in [6.45, 7) is 0. The van der Waals surface area contributed by atoms with Gasteiger partial charge in [-0.3, -0.25) is 9.69 Å². The smallest absolute Gasteiger partial charge is 0.181 e. The van der Waals surface area contributed by atoms with E-state index in [2.05, 4.69) is 0 Å². The Morgan fingerprint density at radius 2 is 2.00 bits per heavy atom. The van der Waals surface area contributed by atoms with Gasteiger partial charge in [0.25, 0.3) is 0 Å². The van der Waals surface area contributed by atoms with Crippen LogP contribution in [-0.4, -0.2) is 34.1 Å². The Kier molecular flexibility index (Phi) is 1.90. The van der Waals surface area contributed by atoms with Crippen molar-refractivity contribution in [1.29, 1.82) is 0 Å². The van der Waals surface area contributed by atoms with Crippen LogP contribution in [0.1, 0.15) is 23.2 Å². The van der Waals surface area contributed by atoms with Gasteiger partial charge in [0, 0.05) is 11.6 Å². The maximum Gasteiger partial charge on any atom is 0.181 e. The van der Waals surface area contributed by atoms with Gasteiger partial charge < -0.3 is 5.11 Å². The molecule has 2 unspecified atom stereocenters. The lowest BCUT2D eigenvalue weighted by Crippen LogP contribution is -2.22. The Morgan fingerprint density at radius 1 is 1.27 bits per heavy atom. The van der Waals surface area contributed by atoms with Gasteiger partial charge in [0.05, 0.1) is 6.04 Å². The lowest BCUT2D eigenvalue weighted by atomic mass is 10.0. The number of piperidine rings is 1. The summed E-state index contributed by atoms with van der Waals surface area (Å²) in [5, 5.41) is 9.58. The molecule has 0 saturated carbocycles. The highest BCUT2D eigenvalue weighted by atomic mass is 16.3. The average molecular weight is 203 g/mol. The molecule has 3 rings (SSSR count). The number of hydrogen-bond donors (Lipinski definition) is 1. The van der Waals surface area contributed by atoms with E-state index >= 15 is 0 Å². The molecular weight excluding hydrogens is 190 g/mol. The number of fused-ring (bicyclic) bond motifs is 1. The standard InChI is InChI=1S/C12H13NO2/c14-10-7-6-9-11(13(9)10)12(15)8-4-2-1-3-5-8/h1-5,9-11,14H,6-7H2/t9-,10?,11-,13?/m0/s1. The molecular formula is C12H13NO2. The van der Waals surface area contributed by atoms with E-state index in [-0.39, 0.29) is 11.8 Å². The van der Waals surface area contributed by atoms with Crippen molar-refractivity contribution in [2.45, 2.75) is 31.2 Å². The van der Waals surface area contributed by atoms with E-state index in [9.17, 15) is 9.90 Å². The van der Waals surface area contributed by atoms with E-state index in [0.29, 0.717) is 6.04 Å². The van der Waals surface area contributed by atoms with Crippen LogP contribution in [0.25, 0.3) is 0 Å². The lowest BCUT2D eigenvalue weighted by Gasteiger charge is -2.08. The highest BCUT2D eigenvalue weighted by Gasteiger charge is 2.58. The van der Waals surface area contributed by atoms with Crippen LogP contribution >= 0.6 is 0 Å². The highest BCUT2D eigenvalue weighted by molar-refractivity contribution is 6.02. The minimum atomic E-state index is -0.396. The van der Waals surface area contributed by atoms with Crippen LogP contribution in [0.5, 0.6) is 0 Å². The van der Waals surface area contributed by atoms with Gasteiger partial charge in [-0.1, -0.05) is 30.3 Å². The van der Waals surface area contributed by atoms with Gasteiger partial charge in [-0.25, -0.2) is 0 Å². The molecule has 15 heavy (non-hydrogen) atoms. The van der Waals surface area contributed by atoms with Gasteiger partial charge in [0.15, 0.2) is 5.78 Å². The monoisotopic (exact) mass is 203 g/mol. The zero-order valence-electron chi connectivity index (χ0n) is 8.34. The summed E-state index contributed by atoms with van der Waals surface area (Å²) >= 11 is 0. The van der Waals surface area contributed by atoms with Crippen molar-refractivity contribution in [3.8, 4) is 0 Å². The SMILES string of the molecule is O=C(c1ccccc1)[C@@H]1[C@@H]2CCC(O)N12. The molecule has 3 heteroatoms. The summed E-state index contributed by atoms with van der Waals surface area (Å²) in [6.07, 6.45) is 1.36. The van der Waals surface area contributed by atoms with Crippen LogP contribution in [-0.2, 0) is 0 Å². The summed E-state index contributed by atoms with van der Waals surface area (Å²) in [6, 6.07) is 9.56. The third-order valence-corrected chi connectivity index (χ3v) is 3.37. The van der Waals surface area contributed by atoms with Crippen molar-refractivity contribution >= 4 is 5.78 Å². The number of hydrogen-bond acceptors (Lipinski definition) is 3. The second kappa shape index (κ2) is 3.15. The topological polar surface area (TPSA) is 40.3 Å². The van der Waals surface area contributed by atoms with Gasteiger partial charge in [0.1, 0.15) is 6.23 Å². The first kappa shape index (κ1) is 9.07. The van der Waals surface area contributed by atoms with E-state index in [1.165, 1.54) is 0 Å². The molecule has 1 aromatic rings. The molecule has 3 nitrogen and oxygen atoms in total. The molecule has 0 spiro atoms. The summed E-state index contributed by atoms with van der Waals surface area (Å²) in [5.41, 5.74) is 0.754. The molecule has 1 N–H and O–H groups in total. The minimum Gasteiger partial charge on any atom is -0.378 e. The second-order valence-corrected chi connectivity index (χ2v) is 4.25. The number of carbonyl (C=O) groups excluding carboxylic acids is 1. The molecule has 0 aromatic heterocycles. The number of rotatable bonds is 2. The third kappa shape index (κ3) is 1.31. The Hall–Kier alpha value is -1.19. The summed E-state index contributed by atoms with van der Waals surface area (Å²) in [5.74, 6) is 0.152. The van der Waals surface area contributed by atoms with E-state index in [0.717, 1.165) is 18.4 Å². The first-order valence-electron chi connectivity index (χ1n) is 5.34. The van der Waals surface area contributed by atoms with Crippen LogP contribution in [0, 0.1) is 0 Å². The molecule has 2 heterocycles. The summed E-state index contributed by atoms with van der Waals surface area (Å²) in [4.78, 5) is 13.9. The first-order valence-corrected chi connectivity index (χ1v) is 5.34. The highest BCUT2D eigenvalue weighted by Crippen LogP contribution is 2.43. The molecule has 0 bridgehead atoms. The molecule has 78 valence electrons. The normalized spacial score (nSPS) is 37.4. The number of aliphatic hydroxyl groups is 1. The predicted molar refractivity (Wildman–Crippen MR) is 55.4 cm³/mol. The molecule has 1 aromatic carbocycles. The van der Waals surface area contributed by atoms with Gasteiger partial charge in [-0.15, -0.1) is 0 Å². The van der Waals surface area contributed by atoms with Crippen LogP contribution in [0.15, 0.2) is 30.3 Å². The Bertz CT molecular complexity index is 390. The van der Waals surface area contributed by atoms with Crippen molar-refractivity contribution in [3.05, 3.63) is 35.9 Å². The van der Waals surface area contributed by atoms with Crippen molar-refractivity contribution in [1.82, 2.24) is 4.90 Å². The van der Waals surface area contributed by atoms with Crippen LogP contribution in [0.4, 0.5) is 0 Å². The lowest BCUT2D eigenvalue weighted by molar-refractivity contribution is 0.0723. The predicted octanol–water partition coefficient (Wildman–Crippen LogP) is 1.03. The fraction of sp³-hybridized carbons (Fsp3) is 0.417. The number of nitrogens with zero attached hydrogens (tertiary/aromatic N) is 1. The van der Waals surface area contributed by atoms with Gasteiger partial charge >= 0.3 is 0 Å². The number of aliphatic hydroxyl groups excluding tert-OH is 1. The number of benzene rings is 1. The molecule has 0 radical (unpaired) electrons. The third-order valence-electron chi connectivity index (χ3n) is 3.37. The fourth-order valence-electron chi connectivity index (χ4n) is 2.56. The average Bonchev–Trinajstić information content (AvgIpc) is 2.90. The fourth-order valence-corrected chi connectivity index (χ4v) is 2.56. The molecule has 2 aliphatic heterocycles. The van der Waals surface area contributed by atoms with E-state index < -0.39 is 6.23 Å². The van der Waals surface area contributed by atoms with Gasteiger partial charge in [0.2, 0.25) is 0 Å². The molecule has 4 atom stereocenters. The van der Waals surface area contributed by atoms with Crippen molar-refractivity contribution in [3.63, 3.8) is 0 Å². The van der Waals surface area contributed by atoms with Crippen molar-refractivity contribution in [2.24, 2.45) is 0 Å². The van der Waals surface area contributed by atoms with E-state index in [4.69, 9.17) is 0 Å². The first-order chi connectivity index (χ1) is 7.29. The van der Waals surface area contributed by atoms with Gasteiger partial charge in [-0.2, -0.15) is 0 Å². The van der Waals surface area contributed by atoms with Crippen molar-refractivity contribution in [2.75, 3.05) is 0 Å². The maximum atomic E-state index is 12.0. The number of ketones is 1. The summed E-state index contributed by atoms with van der Waals surface area (Å²) < 4.78 is 0. The van der Waals surface area contributed by atoms with Crippen LogP contribution in [0.2, 0.25) is 0 Å². The zero-order chi connectivity index (χ0) is 10.4. The number of carbonyl (C=O) groups is 1. The van der Waals surface area contributed by atoms with Crippen molar-refractivity contribution < 1.29 is 9.90 Å². The molecule has 2 saturated heterocycles. The van der Waals surface area contributed by atoms with E-state index in [1.54, 1.807) is 0 Å². The maximum absolute atomic E-state index is 12.0.